The van der Waals surface area contributed by atoms with E-state index in [1.165, 1.54) is 7.11 Å². The lowest BCUT2D eigenvalue weighted by molar-refractivity contribution is 0.0586. The van der Waals surface area contributed by atoms with E-state index in [0.29, 0.717) is 10.3 Å². The number of carbonyl (C=O) groups is 1. The van der Waals surface area contributed by atoms with E-state index < -0.39 is 17.0 Å². The molecule has 0 aliphatic heterocycles. The first kappa shape index (κ1) is 11.8. The van der Waals surface area contributed by atoms with Crippen LogP contribution in [0.15, 0.2) is 29.2 Å². The minimum Gasteiger partial charge on any atom is -0.464 e. The molecule has 0 fully saturated rings. The van der Waals surface area contributed by atoms with Crippen molar-refractivity contribution in [1.82, 2.24) is 4.57 Å². The molecular weight excluding hydrogens is 240 g/mol. The Balaban J connectivity index is 2.90. The number of para-hydroxylation sites is 1. The third-order valence-electron chi connectivity index (χ3n) is 2.64. The van der Waals surface area contributed by atoms with Gasteiger partial charge in [-0.15, -0.1) is 0 Å². The topological polar surface area (TPSA) is 74.3 Å². The highest BCUT2D eigenvalue weighted by molar-refractivity contribution is 7.83. The molecule has 0 saturated heterocycles. The largest absolute Gasteiger partial charge is 0.464 e. The number of aromatic nitrogens is 1. The molecule has 1 aromatic heterocycles. The summed E-state index contributed by atoms with van der Waals surface area (Å²) in [5.41, 5.74) is 1.02. The molecule has 0 unspecified atom stereocenters. The van der Waals surface area contributed by atoms with E-state index >= 15 is 0 Å². The average molecular weight is 252 g/mol. The fraction of sp³-hybridized carbons (Fsp3) is 0.182. The Morgan fingerprint density at radius 1 is 1.41 bits per heavy atom. The standard InChI is InChI=1S/C11H12N2O3S/c1-13-8-6-4-3-5-7(8)10(17(12)15)9(13)11(14)16-2/h3-6H,12H2,1-2H3/t17-/m0/s1. The summed E-state index contributed by atoms with van der Waals surface area (Å²) in [4.78, 5) is 12.0. The van der Waals surface area contributed by atoms with E-state index in [9.17, 15) is 9.00 Å². The first-order valence-corrected chi connectivity index (χ1v) is 6.11. The number of ether oxygens (including phenoxy) is 1. The van der Waals surface area contributed by atoms with Crippen molar-refractivity contribution >= 4 is 27.9 Å². The quantitative estimate of drug-likeness (QED) is 0.808. The maximum atomic E-state index is 11.7. The molecule has 2 aromatic rings. The van der Waals surface area contributed by atoms with E-state index in [2.05, 4.69) is 4.74 Å². The number of rotatable bonds is 2. The number of fused-ring (bicyclic) bond motifs is 1. The summed E-state index contributed by atoms with van der Waals surface area (Å²) in [6.45, 7) is 0. The highest BCUT2D eigenvalue weighted by atomic mass is 32.2. The number of aryl methyl sites for hydroxylation is 1. The Morgan fingerprint density at radius 3 is 2.65 bits per heavy atom. The van der Waals surface area contributed by atoms with Gasteiger partial charge in [0, 0.05) is 18.0 Å². The lowest BCUT2D eigenvalue weighted by atomic mass is 10.2. The number of nitrogens with two attached hydrogens (primary N) is 1. The van der Waals surface area contributed by atoms with Gasteiger partial charge in [0.05, 0.1) is 12.0 Å². The van der Waals surface area contributed by atoms with Crippen molar-refractivity contribution in [2.24, 2.45) is 12.2 Å². The first-order valence-electron chi connectivity index (χ1n) is 4.89. The van der Waals surface area contributed by atoms with Crippen LogP contribution >= 0.6 is 0 Å². The van der Waals surface area contributed by atoms with E-state index in [1.807, 2.05) is 12.1 Å². The predicted octanol–water partition coefficient (Wildman–Crippen LogP) is 0.946. The molecule has 5 nitrogen and oxygen atoms in total. The second-order valence-electron chi connectivity index (χ2n) is 3.54. The third kappa shape index (κ3) is 1.75. The SMILES string of the molecule is COC(=O)c1c([S@@](N)=O)c2ccccc2n1C. The summed E-state index contributed by atoms with van der Waals surface area (Å²) >= 11 is 0. The molecule has 2 rings (SSSR count). The third-order valence-corrected chi connectivity index (χ3v) is 3.46. The van der Waals surface area contributed by atoms with E-state index in [0.717, 1.165) is 5.52 Å². The van der Waals surface area contributed by atoms with Crippen molar-refractivity contribution in [1.29, 1.82) is 0 Å². The number of carbonyl (C=O) groups excluding carboxylic acids is 1. The van der Waals surface area contributed by atoms with Crippen molar-refractivity contribution in [3.63, 3.8) is 0 Å². The zero-order valence-electron chi connectivity index (χ0n) is 9.47. The average Bonchev–Trinajstić information content (AvgIpc) is 2.62. The van der Waals surface area contributed by atoms with Crippen LogP contribution in [0, 0.1) is 0 Å². The lowest BCUT2D eigenvalue weighted by Gasteiger charge is -2.03. The van der Waals surface area contributed by atoms with Crippen LogP contribution < -0.4 is 5.14 Å². The van der Waals surface area contributed by atoms with Gasteiger partial charge in [-0.25, -0.2) is 14.1 Å². The van der Waals surface area contributed by atoms with Gasteiger partial charge in [0.15, 0.2) is 0 Å². The molecule has 0 aliphatic carbocycles. The zero-order valence-corrected chi connectivity index (χ0v) is 10.3. The maximum Gasteiger partial charge on any atom is 0.356 e. The van der Waals surface area contributed by atoms with E-state index in [1.54, 1.807) is 23.7 Å². The van der Waals surface area contributed by atoms with Gasteiger partial charge in [-0.1, -0.05) is 18.2 Å². The molecule has 1 atom stereocenters. The summed E-state index contributed by atoms with van der Waals surface area (Å²) < 4.78 is 17.9. The van der Waals surface area contributed by atoms with Crippen molar-refractivity contribution in [2.75, 3.05) is 7.11 Å². The summed E-state index contributed by atoms with van der Waals surface area (Å²) in [5.74, 6) is -0.544. The maximum absolute atomic E-state index is 11.7. The molecule has 6 heteroatoms. The Bertz CT molecular complexity index is 618. The monoisotopic (exact) mass is 252 g/mol. The minimum atomic E-state index is -1.74. The van der Waals surface area contributed by atoms with Crippen molar-refractivity contribution < 1.29 is 13.7 Å². The molecule has 2 N–H and O–H groups in total. The summed E-state index contributed by atoms with van der Waals surface area (Å²) in [6, 6.07) is 7.26. The van der Waals surface area contributed by atoms with Crippen LogP contribution in [0.3, 0.4) is 0 Å². The Labute approximate surface area is 101 Å². The van der Waals surface area contributed by atoms with Crippen LogP contribution in [-0.4, -0.2) is 21.9 Å². The zero-order chi connectivity index (χ0) is 12.6. The van der Waals surface area contributed by atoms with Gasteiger partial charge in [-0.3, -0.25) is 0 Å². The van der Waals surface area contributed by atoms with E-state index in [-0.39, 0.29) is 5.69 Å². The number of esters is 1. The van der Waals surface area contributed by atoms with Gasteiger partial charge >= 0.3 is 5.97 Å². The summed E-state index contributed by atoms with van der Waals surface area (Å²) in [7, 11) is 1.26. The molecule has 0 amide bonds. The highest BCUT2D eigenvalue weighted by Crippen LogP contribution is 2.27. The fourth-order valence-electron chi connectivity index (χ4n) is 1.89. The normalized spacial score (nSPS) is 12.6. The molecule has 0 saturated carbocycles. The molecule has 90 valence electrons. The molecule has 0 bridgehead atoms. The van der Waals surface area contributed by atoms with Gasteiger partial charge in [-0.2, -0.15) is 0 Å². The molecular formula is C11H12N2O3S. The predicted molar refractivity (Wildman–Crippen MR) is 64.9 cm³/mol. The van der Waals surface area contributed by atoms with Gasteiger partial charge in [0.25, 0.3) is 0 Å². The second kappa shape index (κ2) is 4.31. The van der Waals surface area contributed by atoms with Crippen molar-refractivity contribution in [3.8, 4) is 0 Å². The Kier molecular flexibility index (Phi) is 2.99. The molecule has 17 heavy (non-hydrogen) atoms. The van der Waals surface area contributed by atoms with Gasteiger partial charge < -0.3 is 9.30 Å². The van der Waals surface area contributed by atoms with Gasteiger partial charge in [0.2, 0.25) is 0 Å². The van der Waals surface area contributed by atoms with Gasteiger partial charge in [-0.05, 0) is 6.07 Å². The number of nitrogens with zero attached hydrogens (tertiary/aromatic N) is 1. The van der Waals surface area contributed by atoms with Crippen LogP contribution in [0.2, 0.25) is 0 Å². The highest BCUT2D eigenvalue weighted by Gasteiger charge is 2.23. The summed E-state index contributed by atoms with van der Waals surface area (Å²) in [5, 5.41) is 6.14. The fourth-order valence-corrected chi connectivity index (χ4v) is 2.69. The van der Waals surface area contributed by atoms with Gasteiger partial charge in [0.1, 0.15) is 16.7 Å². The lowest BCUT2D eigenvalue weighted by Crippen LogP contribution is -2.13. The van der Waals surface area contributed by atoms with Crippen molar-refractivity contribution in [2.45, 2.75) is 4.90 Å². The number of hydrogen-bond donors (Lipinski definition) is 1. The van der Waals surface area contributed by atoms with Crippen LogP contribution in [0.4, 0.5) is 0 Å². The molecule has 0 aliphatic rings. The second-order valence-corrected chi connectivity index (χ2v) is 4.55. The van der Waals surface area contributed by atoms with E-state index in [4.69, 9.17) is 5.14 Å². The molecule has 1 heterocycles. The van der Waals surface area contributed by atoms with Crippen LogP contribution in [0.1, 0.15) is 10.5 Å². The van der Waals surface area contributed by atoms with Crippen LogP contribution in [0.25, 0.3) is 10.9 Å². The number of benzene rings is 1. The summed E-state index contributed by atoms with van der Waals surface area (Å²) in [6.07, 6.45) is 0. The molecule has 1 aromatic carbocycles. The number of hydrogen-bond acceptors (Lipinski definition) is 3. The Hall–Kier alpha value is -1.66. The van der Waals surface area contributed by atoms with Crippen molar-refractivity contribution in [3.05, 3.63) is 30.0 Å². The molecule has 0 radical (unpaired) electrons. The number of methoxy groups -OCH3 is 1. The van der Waals surface area contributed by atoms with Crippen LogP contribution in [-0.2, 0) is 22.8 Å². The minimum absolute atomic E-state index is 0.231. The molecule has 0 spiro atoms. The van der Waals surface area contributed by atoms with Crippen LogP contribution in [0.5, 0.6) is 0 Å². The first-order chi connectivity index (χ1) is 8.07. The Morgan fingerprint density at radius 2 is 2.06 bits per heavy atom. The smallest absolute Gasteiger partial charge is 0.356 e.